The lowest BCUT2D eigenvalue weighted by molar-refractivity contribution is 0.0868. The smallest absolute Gasteiger partial charge is 0.225 e. The van der Waals surface area contributed by atoms with E-state index in [-0.39, 0.29) is 0 Å². The van der Waals surface area contributed by atoms with Crippen molar-refractivity contribution in [2.24, 2.45) is 0 Å². The summed E-state index contributed by atoms with van der Waals surface area (Å²) in [5.74, 6) is 1.67. The van der Waals surface area contributed by atoms with Gasteiger partial charge in [-0.05, 0) is 52.1 Å². The Morgan fingerprint density at radius 3 is 2.55 bits per heavy atom. The van der Waals surface area contributed by atoms with Gasteiger partial charge in [0.15, 0.2) is 0 Å². The lowest BCUT2D eigenvalue weighted by atomic mass is 9.82. The Labute approximate surface area is 133 Å². The van der Waals surface area contributed by atoms with Crippen LogP contribution < -0.4 is 4.90 Å². The first kappa shape index (κ1) is 14.4. The summed E-state index contributed by atoms with van der Waals surface area (Å²) in [5, 5.41) is 0. The number of piperidine rings is 1. The molecule has 1 atom stereocenters. The van der Waals surface area contributed by atoms with Gasteiger partial charge in [-0.2, -0.15) is 0 Å². The number of hydrogen-bond acceptors (Lipinski definition) is 4. The molecule has 0 bridgehead atoms. The molecule has 4 rings (SSSR count). The van der Waals surface area contributed by atoms with Crippen LogP contribution in [0.15, 0.2) is 6.07 Å². The molecule has 0 spiro atoms. The minimum Gasteiger partial charge on any atom is -0.338 e. The van der Waals surface area contributed by atoms with E-state index in [4.69, 9.17) is 9.97 Å². The standard InChI is InChI=1S/C18H28N4/c1-13-10-17(15-7-5-8-15)20-18(19-13)21-11-16(12-21)22-9-4-3-6-14(22)2/h10,14-16H,3-9,11-12H2,1-2H3/t14-/m1/s1. The summed E-state index contributed by atoms with van der Waals surface area (Å²) in [4.78, 5) is 14.7. The topological polar surface area (TPSA) is 32.3 Å². The number of likely N-dealkylation sites (tertiary alicyclic amines) is 1. The Morgan fingerprint density at radius 1 is 1.05 bits per heavy atom. The van der Waals surface area contributed by atoms with Crippen LogP contribution in [0, 0.1) is 6.92 Å². The van der Waals surface area contributed by atoms with Gasteiger partial charge in [0.25, 0.3) is 0 Å². The van der Waals surface area contributed by atoms with Crippen LogP contribution >= 0.6 is 0 Å². The minimum atomic E-state index is 0.694. The van der Waals surface area contributed by atoms with Crippen molar-refractivity contribution in [3.8, 4) is 0 Å². The molecule has 0 N–H and O–H groups in total. The van der Waals surface area contributed by atoms with Crippen molar-refractivity contribution in [2.45, 2.75) is 70.4 Å². The highest BCUT2D eigenvalue weighted by atomic mass is 15.4. The van der Waals surface area contributed by atoms with E-state index in [1.54, 1.807) is 0 Å². The summed E-state index contributed by atoms with van der Waals surface area (Å²) < 4.78 is 0. The van der Waals surface area contributed by atoms with Crippen LogP contribution in [0.3, 0.4) is 0 Å². The van der Waals surface area contributed by atoms with Gasteiger partial charge in [0.2, 0.25) is 5.95 Å². The molecule has 3 fully saturated rings. The van der Waals surface area contributed by atoms with Crippen LogP contribution in [0.25, 0.3) is 0 Å². The highest BCUT2D eigenvalue weighted by molar-refractivity contribution is 5.38. The molecule has 1 aliphatic carbocycles. The third-order valence-corrected chi connectivity index (χ3v) is 5.85. The van der Waals surface area contributed by atoms with Crippen LogP contribution in [0.2, 0.25) is 0 Å². The third kappa shape index (κ3) is 2.62. The van der Waals surface area contributed by atoms with Crippen molar-refractivity contribution in [1.29, 1.82) is 0 Å². The van der Waals surface area contributed by atoms with Gasteiger partial charge in [-0.25, -0.2) is 9.97 Å². The average molecular weight is 300 g/mol. The number of rotatable bonds is 3. The van der Waals surface area contributed by atoms with Gasteiger partial charge in [0.05, 0.1) is 0 Å². The predicted octanol–water partition coefficient (Wildman–Crippen LogP) is 3.12. The summed E-state index contributed by atoms with van der Waals surface area (Å²) in [6.07, 6.45) is 8.12. The SMILES string of the molecule is Cc1cc(C2CCC2)nc(N2CC(N3CCCC[C@H]3C)C2)n1. The Morgan fingerprint density at radius 2 is 1.86 bits per heavy atom. The van der Waals surface area contributed by atoms with Gasteiger partial charge in [-0.1, -0.05) is 12.8 Å². The minimum absolute atomic E-state index is 0.694. The summed E-state index contributed by atoms with van der Waals surface area (Å²) >= 11 is 0. The van der Waals surface area contributed by atoms with E-state index in [0.29, 0.717) is 12.0 Å². The van der Waals surface area contributed by atoms with E-state index in [1.807, 2.05) is 0 Å². The second-order valence-corrected chi connectivity index (χ2v) is 7.50. The molecular weight excluding hydrogens is 272 g/mol. The Kier molecular flexibility index (Phi) is 3.81. The predicted molar refractivity (Wildman–Crippen MR) is 89.4 cm³/mol. The molecule has 22 heavy (non-hydrogen) atoms. The molecule has 0 radical (unpaired) electrons. The lowest BCUT2D eigenvalue weighted by Crippen LogP contribution is -2.62. The quantitative estimate of drug-likeness (QED) is 0.858. The zero-order chi connectivity index (χ0) is 15.1. The molecular formula is C18H28N4. The molecule has 1 saturated carbocycles. The van der Waals surface area contributed by atoms with Crippen molar-refractivity contribution < 1.29 is 0 Å². The van der Waals surface area contributed by atoms with Gasteiger partial charge in [0, 0.05) is 42.5 Å². The molecule has 0 unspecified atom stereocenters. The highest BCUT2D eigenvalue weighted by Gasteiger charge is 2.36. The first-order valence-electron chi connectivity index (χ1n) is 9.07. The van der Waals surface area contributed by atoms with Gasteiger partial charge in [0.1, 0.15) is 0 Å². The fourth-order valence-corrected chi connectivity index (χ4v) is 4.12. The molecule has 120 valence electrons. The molecule has 0 amide bonds. The van der Waals surface area contributed by atoms with Crippen molar-refractivity contribution >= 4 is 5.95 Å². The van der Waals surface area contributed by atoms with E-state index in [9.17, 15) is 0 Å². The van der Waals surface area contributed by atoms with Crippen LogP contribution in [0.5, 0.6) is 0 Å². The molecule has 0 aromatic carbocycles. The zero-order valence-corrected chi connectivity index (χ0v) is 14.0. The van der Waals surface area contributed by atoms with E-state index < -0.39 is 0 Å². The molecule has 2 aliphatic heterocycles. The summed E-state index contributed by atoms with van der Waals surface area (Å²) in [6, 6.07) is 3.66. The van der Waals surface area contributed by atoms with E-state index in [2.05, 4.69) is 29.7 Å². The third-order valence-electron chi connectivity index (χ3n) is 5.85. The van der Waals surface area contributed by atoms with Crippen LogP contribution in [-0.2, 0) is 0 Å². The van der Waals surface area contributed by atoms with Crippen LogP contribution in [-0.4, -0.2) is 46.6 Å². The molecule has 1 aromatic heterocycles. The number of nitrogens with zero attached hydrogens (tertiary/aromatic N) is 4. The lowest BCUT2D eigenvalue weighted by Gasteiger charge is -2.49. The molecule has 1 aromatic rings. The van der Waals surface area contributed by atoms with Gasteiger partial charge < -0.3 is 4.90 Å². The van der Waals surface area contributed by atoms with Gasteiger partial charge in [-0.15, -0.1) is 0 Å². The maximum Gasteiger partial charge on any atom is 0.225 e. The van der Waals surface area contributed by atoms with E-state index >= 15 is 0 Å². The second-order valence-electron chi connectivity index (χ2n) is 7.50. The number of hydrogen-bond donors (Lipinski definition) is 0. The highest BCUT2D eigenvalue weighted by Crippen LogP contribution is 2.36. The summed E-state index contributed by atoms with van der Waals surface area (Å²) in [7, 11) is 0. The monoisotopic (exact) mass is 300 g/mol. The van der Waals surface area contributed by atoms with Crippen molar-refractivity contribution in [3.05, 3.63) is 17.5 Å². The fourth-order valence-electron chi connectivity index (χ4n) is 4.12. The molecule has 4 heteroatoms. The van der Waals surface area contributed by atoms with Crippen molar-refractivity contribution in [3.63, 3.8) is 0 Å². The normalized spacial score (nSPS) is 27.5. The van der Waals surface area contributed by atoms with Crippen LogP contribution in [0.1, 0.15) is 62.8 Å². The molecule has 2 saturated heterocycles. The van der Waals surface area contributed by atoms with Crippen LogP contribution in [0.4, 0.5) is 5.95 Å². The van der Waals surface area contributed by atoms with Gasteiger partial charge in [-0.3, -0.25) is 4.90 Å². The van der Waals surface area contributed by atoms with E-state index in [0.717, 1.165) is 30.8 Å². The largest absolute Gasteiger partial charge is 0.338 e. The summed E-state index contributed by atoms with van der Waals surface area (Å²) in [5.41, 5.74) is 2.41. The second kappa shape index (κ2) is 5.80. The first-order valence-corrected chi connectivity index (χ1v) is 9.07. The number of aromatic nitrogens is 2. The first-order chi connectivity index (χ1) is 10.7. The Bertz CT molecular complexity index is 534. The molecule has 4 nitrogen and oxygen atoms in total. The Hall–Kier alpha value is -1.16. The van der Waals surface area contributed by atoms with Gasteiger partial charge >= 0.3 is 0 Å². The number of aryl methyl sites for hydroxylation is 1. The van der Waals surface area contributed by atoms with Crippen molar-refractivity contribution in [1.82, 2.24) is 14.9 Å². The maximum atomic E-state index is 4.87. The zero-order valence-electron chi connectivity index (χ0n) is 14.0. The average Bonchev–Trinajstić information content (AvgIpc) is 2.36. The number of anilines is 1. The van der Waals surface area contributed by atoms with Crippen molar-refractivity contribution in [2.75, 3.05) is 24.5 Å². The fraction of sp³-hybridized carbons (Fsp3) is 0.778. The maximum absolute atomic E-state index is 4.87. The van der Waals surface area contributed by atoms with E-state index in [1.165, 1.54) is 50.8 Å². The molecule has 3 heterocycles. The molecule has 3 aliphatic rings. The Balaban J connectivity index is 1.42. The summed E-state index contributed by atoms with van der Waals surface area (Å²) in [6.45, 7) is 7.99.